The van der Waals surface area contributed by atoms with E-state index in [9.17, 15) is 4.79 Å². The van der Waals surface area contributed by atoms with Crippen LogP contribution < -0.4 is 11.1 Å². The fourth-order valence-electron chi connectivity index (χ4n) is 5.72. The molecule has 1 aliphatic carbocycles. The minimum Gasteiger partial charge on any atom is -0.399 e. The molecule has 1 saturated heterocycles. The van der Waals surface area contributed by atoms with Gasteiger partial charge in [0.25, 0.3) is 0 Å². The van der Waals surface area contributed by atoms with Gasteiger partial charge in [-0.15, -0.1) is 0 Å². The van der Waals surface area contributed by atoms with Gasteiger partial charge in [-0.2, -0.15) is 0 Å². The van der Waals surface area contributed by atoms with Crippen LogP contribution in [0.25, 0.3) is 10.9 Å². The number of anilines is 2. The molecule has 2 aliphatic rings. The molecule has 1 amide bonds. The fraction of sp³-hybridized carbons (Fsp3) is 0.483. The van der Waals surface area contributed by atoms with E-state index in [4.69, 9.17) is 15.5 Å². The normalized spacial score (nSPS) is 21.4. The van der Waals surface area contributed by atoms with Crippen LogP contribution >= 0.6 is 0 Å². The van der Waals surface area contributed by atoms with Crippen LogP contribution in [-0.4, -0.2) is 47.1 Å². The Morgan fingerprint density at radius 3 is 2.53 bits per heavy atom. The van der Waals surface area contributed by atoms with Gasteiger partial charge in [0.15, 0.2) is 0 Å². The molecule has 1 aromatic heterocycles. The lowest BCUT2D eigenvalue weighted by atomic mass is 9.78. The number of nitrogen functional groups attached to an aromatic ring is 1. The number of amides is 1. The third-order valence-corrected chi connectivity index (χ3v) is 7.68. The number of rotatable bonds is 5. The third-order valence-electron chi connectivity index (χ3n) is 7.68. The molecule has 0 spiro atoms. The number of hydrogen-bond donors (Lipinski definition) is 2. The Kier molecular flexibility index (Phi) is 7.10. The molecular formula is C29H37N5O2. The van der Waals surface area contributed by atoms with Crippen LogP contribution in [0, 0.1) is 19.8 Å². The number of carbonyl (C=O) groups is 1. The summed E-state index contributed by atoms with van der Waals surface area (Å²) in [4.78, 5) is 24.4. The van der Waals surface area contributed by atoms with Gasteiger partial charge >= 0.3 is 0 Å². The van der Waals surface area contributed by atoms with E-state index in [1.54, 1.807) is 0 Å². The summed E-state index contributed by atoms with van der Waals surface area (Å²) in [6.45, 7) is 8.90. The number of hydrogen-bond acceptors (Lipinski definition) is 6. The van der Waals surface area contributed by atoms with Crippen molar-refractivity contribution in [3.8, 4) is 0 Å². The molecule has 0 bridgehead atoms. The average molecular weight is 488 g/mol. The predicted octanol–water partition coefficient (Wildman–Crippen LogP) is 5.13. The van der Waals surface area contributed by atoms with Gasteiger partial charge in [0.1, 0.15) is 11.6 Å². The Hall–Kier alpha value is -3.19. The van der Waals surface area contributed by atoms with Crippen molar-refractivity contribution in [3.05, 3.63) is 58.9 Å². The molecule has 1 atom stereocenters. The highest BCUT2D eigenvalue weighted by Crippen LogP contribution is 2.38. The Morgan fingerprint density at radius 1 is 1.06 bits per heavy atom. The van der Waals surface area contributed by atoms with Crippen molar-refractivity contribution < 1.29 is 9.53 Å². The zero-order valence-corrected chi connectivity index (χ0v) is 21.6. The molecule has 1 saturated carbocycles. The van der Waals surface area contributed by atoms with Gasteiger partial charge in [-0.25, -0.2) is 9.97 Å². The number of nitrogens with zero attached hydrogens (tertiary/aromatic N) is 3. The zero-order valence-electron chi connectivity index (χ0n) is 21.6. The topological polar surface area (TPSA) is 93.4 Å². The summed E-state index contributed by atoms with van der Waals surface area (Å²) >= 11 is 0. The van der Waals surface area contributed by atoms with Crippen LogP contribution in [0.15, 0.2) is 36.4 Å². The maximum Gasteiger partial charge on any atom is 0.225 e. The lowest BCUT2D eigenvalue weighted by Gasteiger charge is -2.34. The van der Waals surface area contributed by atoms with Crippen LogP contribution in [0.2, 0.25) is 0 Å². The van der Waals surface area contributed by atoms with E-state index in [0.29, 0.717) is 25.0 Å². The molecule has 0 unspecified atom stereocenters. The zero-order chi connectivity index (χ0) is 25.2. The van der Waals surface area contributed by atoms with Crippen molar-refractivity contribution in [1.82, 2.24) is 14.9 Å². The molecule has 2 fully saturated rings. The number of aromatic nitrogens is 2. The molecule has 3 aromatic rings. The molecule has 3 N–H and O–H groups in total. The van der Waals surface area contributed by atoms with Crippen LogP contribution in [0.5, 0.6) is 0 Å². The Labute approximate surface area is 213 Å². The van der Waals surface area contributed by atoms with Crippen LogP contribution in [0.1, 0.15) is 67.1 Å². The number of nitrogens with one attached hydrogen (secondary N) is 1. The van der Waals surface area contributed by atoms with Gasteiger partial charge in [-0.3, -0.25) is 4.79 Å². The SMILES string of the molecule is Cc1cc(N)cc([C@H](C)Nc2nc(C)nc3ccc(C4CCC(C(=O)N5CCOCC5)CC4)cc23)c1. The van der Waals surface area contributed by atoms with E-state index in [2.05, 4.69) is 48.4 Å². The summed E-state index contributed by atoms with van der Waals surface area (Å²) in [6, 6.07) is 12.8. The summed E-state index contributed by atoms with van der Waals surface area (Å²) in [6.07, 6.45) is 3.95. The van der Waals surface area contributed by atoms with E-state index in [1.807, 2.05) is 24.0 Å². The lowest BCUT2D eigenvalue weighted by Crippen LogP contribution is -2.44. The van der Waals surface area contributed by atoms with E-state index in [0.717, 1.165) is 78.1 Å². The monoisotopic (exact) mass is 487 g/mol. The van der Waals surface area contributed by atoms with E-state index in [1.165, 1.54) is 5.56 Å². The largest absolute Gasteiger partial charge is 0.399 e. The van der Waals surface area contributed by atoms with E-state index in [-0.39, 0.29) is 12.0 Å². The first kappa shape index (κ1) is 24.5. The molecule has 36 heavy (non-hydrogen) atoms. The number of carbonyl (C=O) groups excluding carboxylic acids is 1. The number of aryl methyl sites for hydroxylation is 2. The van der Waals surface area contributed by atoms with E-state index < -0.39 is 0 Å². The second-order valence-corrected chi connectivity index (χ2v) is 10.4. The first-order valence-electron chi connectivity index (χ1n) is 13.2. The maximum absolute atomic E-state index is 12.9. The van der Waals surface area contributed by atoms with Crippen LogP contribution in [0.4, 0.5) is 11.5 Å². The number of benzene rings is 2. The standard InChI is InChI=1S/C29H37N5O2/c1-18-14-24(16-25(30)15-18)19(2)31-28-26-17-23(8-9-27(26)32-20(3)33-28)21-4-6-22(7-5-21)29(35)34-10-12-36-13-11-34/h8-9,14-17,19,21-22H,4-7,10-13,30H2,1-3H3,(H,31,32,33)/t19-,21?,22?/m0/s1. The molecule has 1 aliphatic heterocycles. The van der Waals surface area contributed by atoms with Gasteiger partial charge in [-0.1, -0.05) is 12.1 Å². The average Bonchev–Trinajstić information content (AvgIpc) is 2.88. The first-order chi connectivity index (χ1) is 17.4. The fourth-order valence-corrected chi connectivity index (χ4v) is 5.72. The van der Waals surface area contributed by atoms with Gasteiger partial charge in [0.2, 0.25) is 5.91 Å². The molecule has 5 rings (SSSR count). The quantitative estimate of drug-likeness (QED) is 0.485. The van der Waals surface area contributed by atoms with Crippen LogP contribution in [0.3, 0.4) is 0 Å². The van der Waals surface area contributed by atoms with Gasteiger partial charge in [0.05, 0.1) is 24.8 Å². The summed E-state index contributed by atoms with van der Waals surface area (Å²) in [5, 5.41) is 4.66. The highest BCUT2D eigenvalue weighted by atomic mass is 16.5. The van der Waals surface area contributed by atoms with Crippen molar-refractivity contribution in [3.63, 3.8) is 0 Å². The van der Waals surface area contributed by atoms with Gasteiger partial charge in [-0.05, 0) is 93.3 Å². The van der Waals surface area contributed by atoms with E-state index >= 15 is 0 Å². The third kappa shape index (κ3) is 5.31. The highest BCUT2D eigenvalue weighted by molar-refractivity contribution is 5.90. The Balaban J connectivity index is 1.33. The molecule has 2 heterocycles. The summed E-state index contributed by atoms with van der Waals surface area (Å²) in [7, 11) is 0. The second kappa shape index (κ2) is 10.4. The van der Waals surface area contributed by atoms with Crippen molar-refractivity contribution in [2.24, 2.45) is 5.92 Å². The Bertz CT molecular complexity index is 1230. The smallest absolute Gasteiger partial charge is 0.225 e. The first-order valence-corrected chi connectivity index (χ1v) is 13.2. The highest BCUT2D eigenvalue weighted by Gasteiger charge is 2.31. The Morgan fingerprint density at radius 2 is 1.81 bits per heavy atom. The molecule has 2 aromatic carbocycles. The minimum absolute atomic E-state index is 0.0509. The van der Waals surface area contributed by atoms with Crippen molar-refractivity contribution >= 4 is 28.3 Å². The number of fused-ring (bicyclic) bond motifs is 1. The van der Waals surface area contributed by atoms with Gasteiger partial charge < -0.3 is 20.7 Å². The molecule has 190 valence electrons. The summed E-state index contributed by atoms with van der Waals surface area (Å²) in [5.74, 6) is 2.51. The molecular weight excluding hydrogens is 450 g/mol. The number of ether oxygens (including phenoxy) is 1. The predicted molar refractivity (Wildman–Crippen MR) is 144 cm³/mol. The molecule has 7 nitrogen and oxygen atoms in total. The maximum atomic E-state index is 12.9. The van der Waals surface area contributed by atoms with Gasteiger partial charge in [0, 0.05) is 30.1 Å². The molecule has 0 radical (unpaired) electrons. The second-order valence-electron chi connectivity index (χ2n) is 10.4. The summed E-state index contributed by atoms with van der Waals surface area (Å²) < 4.78 is 5.41. The summed E-state index contributed by atoms with van der Waals surface area (Å²) in [5.41, 5.74) is 11.4. The van der Waals surface area contributed by atoms with Crippen molar-refractivity contribution in [2.45, 2.75) is 58.4 Å². The number of nitrogens with two attached hydrogens (primary N) is 1. The van der Waals surface area contributed by atoms with Crippen molar-refractivity contribution in [2.75, 3.05) is 37.4 Å². The van der Waals surface area contributed by atoms with Crippen molar-refractivity contribution in [1.29, 1.82) is 0 Å². The lowest BCUT2D eigenvalue weighted by molar-refractivity contribution is -0.140. The number of morpholine rings is 1. The minimum atomic E-state index is 0.0509. The van der Waals surface area contributed by atoms with Crippen LogP contribution in [-0.2, 0) is 9.53 Å². The molecule has 7 heteroatoms.